The molecule has 1 heterocycles. The lowest BCUT2D eigenvalue weighted by molar-refractivity contribution is 0.0681. The molecule has 0 aliphatic rings. The molecule has 0 aliphatic heterocycles. The van der Waals surface area contributed by atoms with Crippen LogP contribution in [-0.2, 0) is 0 Å². The highest BCUT2D eigenvalue weighted by molar-refractivity contribution is 6.30. The van der Waals surface area contributed by atoms with Gasteiger partial charge in [0.15, 0.2) is 0 Å². The zero-order valence-electron chi connectivity index (χ0n) is 20.1. The van der Waals surface area contributed by atoms with Crippen LogP contribution in [0.2, 0.25) is 5.02 Å². The second-order valence-corrected chi connectivity index (χ2v) is 8.67. The van der Waals surface area contributed by atoms with Crippen LogP contribution in [0.1, 0.15) is 49.4 Å². The van der Waals surface area contributed by atoms with Crippen molar-refractivity contribution < 1.29 is 9.53 Å². The van der Waals surface area contributed by atoms with Crippen molar-refractivity contribution in [2.45, 2.75) is 33.2 Å². The molecule has 0 fully saturated rings. The van der Waals surface area contributed by atoms with E-state index in [4.69, 9.17) is 21.3 Å². The lowest BCUT2D eigenvalue weighted by Crippen LogP contribution is -2.38. The molecule has 1 amide bonds. The van der Waals surface area contributed by atoms with Gasteiger partial charge in [-0.3, -0.25) is 14.2 Å². The molecule has 0 saturated heterocycles. The molecule has 1 aromatic heterocycles. The Kier molecular flexibility index (Phi) is 7.51. The van der Waals surface area contributed by atoms with Crippen LogP contribution < -0.4 is 10.3 Å². The first-order chi connectivity index (χ1) is 16.9. The Bertz CT molecular complexity index is 1380. The van der Waals surface area contributed by atoms with Crippen molar-refractivity contribution in [2.24, 2.45) is 0 Å². The summed E-state index contributed by atoms with van der Waals surface area (Å²) < 4.78 is 7.17. The molecule has 0 aliphatic carbocycles. The minimum atomic E-state index is -0.470. The standard InChI is InChI=1S/C28H28ClN3O3/c1-4-18-31(27(33)20-10-12-21(29)13-11-20)19(3)26-30-25-9-7-6-8-24(25)28(34)32(26)22-14-16-23(17-15-22)35-5-2/h6-17,19H,4-5,18H2,1-3H3. The molecule has 6 nitrogen and oxygen atoms in total. The predicted molar refractivity (Wildman–Crippen MR) is 140 cm³/mol. The normalized spacial score (nSPS) is 11.9. The fraction of sp³-hybridized carbons (Fsp3) is 0.250. The molecule has 4 rings (SSSR count). The van der Waals surface area contributed by atoms with E-state index < -0.39 is 6.04 Å². The molecule has 180 valence electrons. The summed E-state index contributed by atoms with van der Waals surface area (Å²) in [6.07, 6.45) is 0.755. The molecule has 4 aromatic rings. The van der Waals surface area contributed by atoms with Gasteiger partial charge in [-0.2, -0.15) is 0 Å². The van der Waals surface area contributed by atoms with E-state index in [1.54, 1.807) is 39.8 Å². The van der Waals surface area contributed by atoms with Crippen molar-refractivity contribution >= 4 is 28.4 Å². The van der Waals surface area contributed by atoms with Crippen LogP contribution in [0, 0.1) is 0 Å². The number of benzene rings is 3. The summed E-state index contributed by atoms with van der Waals surface area (Å²) in [5.41, 5.74) is 1.60. The topological polar surface area (TPSA) is 64.4 Å². The Balaban J connectivity index is 1.86. The number of fused-ring (bicyclic) bond motifs is 1. The Morgan fingerprint density at radius 3 is 2.37 bits per heavy atom. The minimum absolute atomic E-state index is 0.142. The van der Waals surface area contributed by atoms with Crippen molar-refractivity contribution in [2.75, 3.05) is 13.2 Å². The summed E-state index contributed by atoms with van der Waals surface area (Å²) in [4.78, 5) is 33.9. The van der Waals surface area contributed by atoms with Gasteiger partial charge >= 0.3 is 0 Å². The van der Waals surface area contributed by atoms with Crippen LogP contribution in [0.25, 0.3) is 16.6 Å². The number of rotatable bonds is 8. The molecule has 1 unspecified atom stereocenters. The zero-order chi connectivity index (χ0) is 24.9. The smallest absolute Gasteiger partial charge is 0.266 e. The van der Waals surface area contributed by atoms with Crippen LogP contribution in [0.4, 0.5) is 0 Å². The molecular weight excluding hydrogens is 462 g/mol. The Morgan fingerprint density at radius 2 is 1.71 bits per heavy atom. The van der Waals surface area contributed by atoms with Gasteiger partial charge in [0.25, 0.3) is 11.5 Å². The maximum absolute atomic E-state index is 13.7. The predicted octanol–water partition coefficient (Wildman–Crippen LogP) is 6.05. The van der Waals surface area contributed by atoms with Gasteiger partial charge in [0, 0.05) is 17.1 Å². The monoisotopic (exact) mass is 489 g/mol. The summed E-state index contributed by atoms with van der Waals surface area (Å²) in [7, 11) is 0. The van der Waals surface area contributed by atoms with Gasteiger partial charge in [-0.25, -0.2) is 4.98 Å². The van der Waals surface area contributed by atoms with Crippen LogP contribution in [-0.4, -0.2) is 33.5 Å². The summed E-state index contributed by atoms with van der Waals surface area (Å²) in [5, 5.41) is 1.08. The van der Waals surface area contributed by atoms with E-state index in [1.165, 1.54) is 0 Å². The summed E-state index contributed by atoms with van der Waals surface area (Å²) in [6.45, 7) is 6.91. The number of hydrogen-bond acceptors (Lipinski definition) is 4. The number of carbonyl (C=O) groups is 1. The molecule has 0 spiro atoms. The second-order valence-electron chi connectivity index (χ2n) is 8.24. The molecule has 0 bridgehead atoms. The quantitative estimate of drug-likeness (QED) is 0.302. The van der Waals surface area contributed by atoms with Gasteiger partial charge in [0.1, 0.15) is 11.6 Å². The Hall–Kier alpha value is -3.64. The highest BCUT2D eigenvalue weighted by Gasteiger charge is 2.27. The Morgan fingerprint density at radius 1 is 1.03 bits per heavy atom. The minimum Gasteiger partial charge on any atom is -0.494 e. The van der Waals surface area contributed by atoms with Gasteiger partial charge in [-0.05, 0) is 80.9 Å². The molecule has 1 atom stereocenters. The number of para-hydroxylation sites is 1. The van der Waals surface area contributed by atoms with Crippen LogP contribution in [0.5, 0.6) is 5.75 Å². The number of nitrogens with zero attached hydrogens (tertiary/aromatic N) is 3. The van der Waals surface area contributed by atoms with Crippen LogP contribution in [0.3, 0.4) is 0 Å². The van der Waals surface area contributed by atoms with Gasteiger partial charge in [0.2, 0.25) is 0 Å². The van der Waals surface area contributed by atoms with E-state index in [9.17, 15) is 9.59 Å². The average Bonchev–Trinajstić information content (AvgIpc) is 2.88. The third-order valence-electron chi connectivity index (χ3n) is 5.87. The molecule has 0 saturated carbocycles. The van der Waals surface area contributed by atoms with Crippen LogP contribution >= 0.6 is 11.6 Å². The molecular formula is C28H28ClN3O3. The van der Waals surface area contributed by atoms with Crippen LogP contribution in [0.15, 0.2) is 77.6 Å². The lowest BCUT2D eigenvalue weighted by atomic mass is 10.1. The number of ether oxygens (including phenoxy) is 1. The SMILES string of the molecule is CCCN(C(=O)c1ccc(Cl)cc1)C(C)c1nc2ccccc2c(=O)n1-c1ccc(OCC)cc1. The van der Waals surface area contributed by atoms with Crippen molar-refractivity contribution in [3.05, 3.63) is 99.6 Å². The summed E-state index contributed by atoms with van der Waals surface area (Å²) in [6, 6.07) is 21.0. The molecule has 35 heavy (non-hydrogen) atoms. The van der Waals surface area contributed by atoms with Gasteiger partial charge in [0.05, 0.1) is 29.2 Å². The van der Waals surface area contributed by atoms with Gasteiger partial charge in [-0.1, -0.05) is 30.7 Å². The number of aromatic nitrogens is 2. The Labute approximate surface area is 209 Å². The number of hydrogen-bond donors (Lipinski definition) is 0. The maximum Gasteiger partial charge on any atom is 0.266 e. The largest absolute Gasteiger partial charge is 0.494 e. The van der Waals surface area contributed by atoms with E-state index in [-0.39, 0.29) is 11.5 Å². The third kappa shape index (κ3) is 5.08. The van der Waals surface area contributed by atoms with Gasteiger partial charge in [-0.15, -0.1) is 0 Å². The molecule has 0 N–H and O–H groups in total. The highest BCUT2D eigenvalue weighted by atomic mass is 35.5. The van der Waals surface area contributed by atoms with E-state index in [2.05, 4.69) is 0 Å². The maximum atomic E-state index is 13.7. The zero-order valence-corrected chi connectivity index (χ0v) is 20.8. The first kappa shape index (κ1) is 24.5. The van der Waals surface area contributed by atoms with E-state index >= 15 is 0 Å². The van der Waals surface area contributed by atoms with E-state index in [0.29, 0.717) is 46.2 Å². The first-order valence-corrected chi connectivity index (χ1v) is 12.1. The lowest BCUT2D eigenvalue weighted by Gasteiger charge is -2.30. The number of amides is 1. The van der Waals surface area contributed by atoms with Crippen molar-refractivity contribution in [1.29, 1.82) is 0 Å². The fourth-order valence-electron chi connectivity index (χ4n) is 4.15. The van der Waals surface area contributed by atoms with Crippen molar-refractivity contribution in [3.8, 4) is 11.4 Å². The average molecular weight is 490 g/mol. The summed E-state index contributed by atoms with van der Waals surface area (Å²) in [5.74, 6) is 1.07. The molecule has 3 aromatic carbocycles. The first-order valence-electron chi connectivity index (χ1n) is 11.8. The van der Waals surface area contributed by atoms with E-state index in [1.807, 2.05) is 63.2 Å². The fourth-order valence-corrected chi connectivity index (χ4v) is 4.27. The third-order valence-corrected chi connectivity index (χ3v) is 6.12. The highest BCUT2D eigenvalue weighted by Crippen LogP contribution is 2.26. The number of halogens is 1. The molecule has 0 radical (unpaired) electrons. The molecule has 7 heteroatoms. The summed E-state index contributed by atoms with van der Waals surface area (Å²) >= 11 is 6.03. The number of carbonyl (C=O) groups excluding carboxylic acids is 1. The van der Waals surface area contributed by atoms with E-state index in [0.717, 1.165) is 12.2 Å². The van der Waals surface area contributed by atoms with Crippen molar-refractivity contribution in [3.63, 3.8) is 0 Å². The van der Waals surface area contributed by atoms with Crippen molar-refractivity contribution in [1.82, 2.24) is 14.5 Å². The second kappa shape index (κ2) is 10.7. The van der Waals surface area contributed by atoms with Gasteiger partial charge < -0.3 is 9.64 Å².